The molecular formula is C34H37N3O8. The van der Waals surface area contributed by atoms with Gasteiger partial charge in [0.05, 0.1) is 23.0 Å². The number of benzene rings is 2. The molecule has 0 bridgehead atoms. The summed E-state index contributed by atoms with van der Waals surface area (Å²) in [5, 5.41) is 23.1. The van der Waals surface area contributed by atoms with Crippen LogP contribution in [0.25, 0.3) is 0 Å². The summed E-state index contributed by atoms with van der Waals surface area (Å²) in [5.41, 5.74) is 2.75. The van der Waals surface area contributed by atoms with Gasteiger partial charge in [-0.3, -0.25) is 29.8 Å². The molecule has 0 atom stereocenters. The topological polar surface area (TPSA) is 142 Å². The first kappa shape index (κ1) is 31.6. The van der Waals surface area contributed by atoms with Gasteiger partial charge in [0.1, 0.15) is 0 Å². The van der Waals surface area contributed by atoms with E-state index in [1.54, 1.807) is 12.1 Å². The molecule has 2 aliphatic carbocycles. The Balaban J connectivity index is 1.72. The van der Waals surface area contributed by atoms with Gasteiger partial charge in [-0.1, -0.05) is 39.8 Å². The smallest absolute Gasteiger partial charge is 0.318 e. The number of methoxy groups -OCH3 is 1. The van der Waals surface area contributed by atoms with Crippen molar-refractivity contribution in [3.8, 4) is 17.2 Å². The van der Waals surface area contributed by atoms with Crippen molar-refractivity contribution in [3.63, 3.8) is 0 Å². The van der Waals surface area contributed by atoms with E-state index in [0.29, 0.717) is 48.0 Å². The van der Waals surface area contributed by atoms with Crippen LogP contribution in [0.3, 0.4) is 0 Å². The Labute approximate surface area is 261 Å². The maximum absolute atomic E-state index is 13.9. The van der Waals surface area contributed by atoms with Crippen LogP contribution in [0.1, 0.15) is 70.4 Å². The lowest BCUT2D eigenvalue weighted by molar-refractivity contribution is -0.394. The molecule has 0 aromatic heterocycles. The van der Waals surface area contributed by atoms with E-state index in [4.69, 9.17) is 9.47 Å². The average Bonchev–Trinajstić information content (AvgIpc) is 2.94. The SMILES string of the molecule is C=CCc1cc(C2C3=C(CC(C)(C)CC3=O)N(C)C3=C2C(=O)CC(C)(C)C3)cc(OC)c1Oc1ccc([N+](=O)[O-])cc1[N+](=O)[O-]. The van der Waals surface area contributed by atoms with Crippen LogP contribution < -0.4 is 9.47 Å². The monoisotopic (exact) mass is 615 g/mol. The molecule has 0 unspecified atom stereocenters. The lowest BCUT2D eigenvalue weighted by Gasteiger charge is -2.48. The number of nitrogens with zero attached hydrogens (tertiary/aromatic N) is 3. The van der Waals surface area contributed by atoms with Gasteiger partial charge < -0.3 is 14.4 Å². The predicted octanol–water partition coefficient (Wildman–Crippen LogP) is 7.35. The fourth-order valence-electron chi connectivity index (χ4n) is 6.88. The highest BCUT2D eigenvalue weighted by atomic mass is 16.6. The van der Waals surface area contributed by atoms with Crippen molar-refractivity contribution in [1.82, 2.24) is 4.90 Å². The van der Waals surface area contributed by atoms with Crippen molar-refractivity contribution in [1.29, 1.82) is 0 Å². The first-order valence-corrected chi connectivity index (χ1v) is 14.8. The number of ether oxygens (including phenoxy) is 2. The van der Waals surface area contributed by atoms with Gasteiger partial charge >= 0.3 is 5.69 Å². The van der Waals surface area contributed by atoms with Gasteiger partial charge in [-0.15, -0.1) is 6.58 Å². The molecular weight excluding hydrogens is 578 g/mol. The molecule has 1 aliphatic heterocycles. The zero-order chi connectivity index (χ0) is 33.0. The van der Waals surface area contributed by atoms with E-state index in [9.17, 15) is 29.8 Å². The number of rotatable bonds is 8. The molecule has 0 spiro atoms. The third-order valence-electron chi connectivity index (χ3n) is 8.81. The van der Waals surface area contributed by atoms with Crippen molar-refractivity contribution < 1.29 is 28.9 Å². The number of nitro benzene ring substituents is 2. The van der Waals surface area contributed by atoms with Crippen molar-refractivity contribution in [2.75, 3.05) is 14.2 Å². The van der Waals surface area contributed by atoms with E-state index in [-0.39, 0.29) is 46.1 Å². The number of Topliss-reactive ketones (excluding diaryl/α,β-unsaturated/α-hetero) is 2. The van der Waals surface area contributed by atoms with Crippen molar-refractivity contribution in [2.24, 2.45) is 10.8 Å². The zero-order valence-electron chi connectivity index (χ0n) is 26.4. The van der Waals surface area contributed by atoms with Crippen molar-refractivity contribution in [3.05, 3.63) is 96.9 Å². The van der Waals surface area contributed by atoms with E-state index in [2.05, 4.69) is 39.2 Å². The average molecular weight is 616 g/mol. The largest absolute Gasteiger partial charge is 0.493 e. The molecule has 5 rings (SSSR count). The van der Waals surface area contributed by atoms with E-state index >= 15 is 0 Å². The Bertz CT molecular complexity index is 1680. The lowest BCUT2D eigenvalue weighted by atomic mass is 9.63. The van der Waals surface area contributed by atoms with Gasteiger partial charge in [-0.2, -0.15) is 0 Å². The minimum Gasteiger partial charge on any atom is -0.493 e. The number of hydrogen-bond acceptors (Lipinski definition) is 9. The second-order valence-corrected chi connectivity index (χ2v) is 13.6. The molecule has 0 radical (unpaired) electrons. The van der Waals surface area contributed by atoms with E-state index in [0.717, 1.165) is 23.5 Å². The fourth-order valence-corrected chi connectivity index (χ4v) is 6.88. The molecule has 11 nitrogen and oxygen atoms in total. The third kappa shape index (κ3) is 5.74. The molecule has 45 heavy (non-hydrogen) atoms. The van der Waals surface area contributed by atoms with Gasteiger partial charge in [0.25, 0.3) is 5.69 Å². The maximum atomic E-state index is 13.9. The summed E-state index contributed by atoms with van der Waals surface area (Å²) in [7, 11) is 3.38. The number of ketones is 2. The van der Waals surface area contributed by atoms with Gasteiger partial charge in [0.2, 0.25) is 5.75 Å². The van der Waals surface area contributed by atoms with Gasteiger partial charge in [-0.25, -0.2) is 0 Å². The Morgan fingerprint density at radius 3 is 1.98 bits per heavy atom. The van der Waals surface area contributed by atoms with Crippen LogP contribution in [0.15, 0.2) is 65.5 Å². The van der Waals surface area contributed by atoms with E-state index in [1.807, 2.05) is 13.1 Å². The Kier molecular flexibility index (Phi) is 7.93. The van der Waals surface area contributed by atoms with E-state index < -0.39 is 27.1 Å². The molecule has 11 heteroatoms. The number of carbonyl (C=O) groups excluding carboxylic acids is 2. The molecule has 1 heterocycles. The van der Waals surface area contributed by atoms with Gasteiger partial charge in [0, 0.05) is 60.0 Å². The molecule has 0 fully saturated rings. The number of allylic oxidation sites excluding steroid dienone is 5. The Morgan fingerprint density at radius 1 is 0.911 bits per heavy atom. The second-order valence-electron chi connectivity index (χ2n) is 13.6. The summed E-state index contributed by atoms with van der Waals surface area (Å²) in [6.07, 6.45) is 3.96. The quantitative estimate of drug-likeness (QED) is 0.169. The standard InChI is InChI=1S/C34H37N3O8/c1-8-9-19-12-20(13-28(44-7)32(19)45-27-11-10-21(36(40)41)14-22(27)37(42)43)29-30-23(15-33(2,3)17-25(30)38)35(6)24-16-34(4,5)18-26(39)31(24)29/h8,10-14,29H,1,9,15-18H2,2-7H3. The van der Waals surface area contributed by atoms with Crippen LogP contribution in [0.5, 0.6) is 17.2 Å². The third-order valence-corrected chi connectivity index (χ3v) is 8.81. The van der Waals surface area contributed by atoms with Crippen LogP contribution in [0, 0.1) is 31.1 Å². The molecule has 0 saturated heterocycles. The molecule has 2 aromatic carbocycles. The summed E-state index contributed by atoms with van der Waals surface area (Å²) in [6, 6.07) is 6.70. The molecule has 3 aliphatic rings. The first-order valence-electron chi connectivity index (χ1n) is 14.8. The minimum absolute atomic E-state index is 0.00616. The van der Waals surface area contributed by atoms with Crippen LogP contribution in [-0.2, 0) is 16.0 Å². The molecule has 236 valence electrons. The van der Waals surface area contributed by atoms with Crippen LogP contribution in [0.4, 0.5) is 11.4 Å². The molecule has 0 amide bonds. The lowest BCUT2D eigenvalue weighted by Crippen LogP contribution is -2.43. The predicted molar refractivity (Wildman–Crippen MR) is 167 cm³/mol. The Hall–Kier alpha value is -4.80. The second kappa shape index (κ2) is 11.3. The minimum atomic E-state index is -0.747. The van der Waals surface area contributed by atoms with Gasteiger partial charge in [0.15, 0.2) is 23.1 Å². The normalized spacial score (nSPS) is 19.2. The number of non-ortho nitro benzene ring substituents is 1. The van der Waals surface area contributed by atoms with Crippen molar-refractivity contribution >= 4 is 22.9 Å². The van der Waals surface area contributed by atoms with Crippen LogP contribution in [-0.4, -0.2) is 40.5 Å². The maximum Gasteiger partial charge on any atom is 0.318 e. The zero-order valence-corrected chi connectivity index (χ0v) is 26.4. The van der Waals surface area contributed by atoms with Gasteiger partial charge in [-0.05, 0) is 47.8 Å². The van der Waals surface area contributed by atoms with E-state index in [1.165, 1.54) is 13.2 Å². The summed E-state index contributed by atoms with van der Waals surface area (Å²) >= 11 is 0. The number of nitro groups is 2. The fraction of sp³-hybridized carbons (Fsp3) is 0.412. The van der Waals surface area contributed by atoms with Crippen LogP contribution >= 0.6 is 0 Å². The number of carbonyl (C=O) groups is 2. The highest BCUT2D eigenvalue weighted by Gasteiger charge is 2.48. The van der Waals surface area contributed by atoms with Crippen LogP contribution in [0.2, 0.25) is 0 Å². The highest BCUT2D eigenvalue weighted by molar-refractivity contribution is 6.06. The molecule has 0 N–H and O–H groups in total. The summed E-state index contributed by atoms with van der Waals surface area (Å²) in [5.74, 6) is -0.444. The highest BCUT2D eigenvalue weighted by Crippen LogP contribution is 2.55. The summed E-state index contributed by atoms with van der Waals surface area (Å²) in [4.78, 5) is 51.6. The first-order chi connectivity index (χ1) is 21.1. The van der Waals surface area contributed by atoms with Crippen molar-refractivity contribution in [2.45, 2.75) is 65.7 Å². The summed E-state index contributed by atoms with van der Waals surface area (Å²) < 4.78 is 11.8. The molecule has 2 aromatic rings. The Morgan fingerprint density at radius 2 is 1.49 bits per heavy atom. The number of hydrogen-bond donors (Lipinski definition) is 0. The molecule has 0 saturated carbocycles. The summed E-state index contributed by atoms with van der Waals surface area (Å²) in [6.45, 7) is 12.2.